The van der Waals surface area contributed by atoms with Crippen molar-refractivity contribution in [3.63, 3.8) is 0 Å². The fourth-order valence-electron chi connectivity index (χ4n) is 2.08. The number of amides is 2. The Bertz CT molecular complexity index is 628. The van der Waals surface area contributed by atoms with Crippen molar-refractivity contribution in [3.05, 3.63) is 48.0 Å². The van der Waals surface area contributed by atoms with Crippen molar-refractivity contribution in [1.29, 1.82) is 0 Å². The third-order valence-corrected chi connectivity index (χ3v) is 3.25. The van der Waals surface area contributed by atoms with Gasteiger partial charge in [-0.25, -0.2) is 14.5 Å². The van der Waals surface area contributed by atoms with Gasteiger partial charge in [-0.05, 0) is 5.56 Å². The van der Waals surface area contributed by atoms with Crippen LogP contribution < -0.4 is 0 Å². The van der Waals surface area contributed by atoms with Crippen LogP contribution >= 0.6 is 0 Å². The fraction of sp³-hybridized carbons (Fsp3) is 0.267. The molecule has 2 atom stereocenters. The summed E-state index contributed by atoms with van der Waals surface area (Å²) in [6.07, 6.45) is -2.88. The van der Waals surface area contributed by atoms with Crippen molar-refractivity contribution >= 4 is 18.0 Å². The molecular weight excluding hydrogens is 306 g/mol. The number of hydrogen-bond acceptors (Lipinski definition) is 6. The number of aliphatic carboxylic acids is 1. The molecule has 1 heterocycles. The lowest BCUT2D eigenvalue weighted by atomic mass is 10.1. The number of imide groups is 1. The Morgan fingerprint density at radius 3 is 2.52 bits per heavy atom. The van der Waals surface area contributed by atoms with Gasteiger partial charge in [-0.1, -0.05) is 36.9 Å². The second-order valence-corrected chi connectivity index (χ2v) is 4.79. The highest BCUT2D eigenvalue weighted by molar-refractivity contribution is 6.09. The number of carbonyl (C=O) groups excluding carboxylic acids is 2. The van der Waals surface area contributed by atoms with Crippen LogP contribution in [-0.4, -0.2) is 52.0 Å². The SMILES string of the molecule is C=C1C(=O)N(C(=O)OCOCc2ccccc2)C(C(=O)O)C1O. The molecule has 1 saturated heterocycles. The number of nitrogens with zero attached hydrogens (tertiary/aromatic N) is 1. The van der Waals surface area contributed by atoms with Crippen LogP contribution in [0, 0.1) is 0 Å². The van der Waals surface area contributed by atoms with Crippen molar-refractivity contribution in [2.75, 3.05) is 6.79 Å². The van der Waals surface area contributed by atoms with Gasteiger partial charge >= 0.3 is 12.1 Å². The van der Waals surface area contributed by atoms with Crippen LogP contribution in [0.1, 0.15) is 5.56 Å². The number of aliphatic hydroxyl groups is 1. The van der Waals surface area contributed by atoms with E-state index in [2.05, 4.69) is 6.58 Å². The molecule has 1 aliphatic rings. The summed E-state index contributed by atoms with van der Waals surface area (Å²) in [6.45, 7) is 2.99. The zero-order valence-electron chi connectivity index (χ0n) is 12.0. The fourth-order valence-corrected chi connectivity index (χ4v) is 2.08. The molecule has 122 valence electrons. The van der Waals surface area contributed by atoms with E-state index in [-0.39, 0.29) is 12.2 Å². The zero-order valence-corrected chi connectivity index (χ0v) is 12.0. The Kier molecular flexibility index (Phi) is 5.09. The van der Waals surface area contributed by atoms with Gasteiger partial charge in [0.1, 0.15) is 6.10 Å². The smallest absolute Gasteiger partial charge is 0.419 e. The zero-order chi connectivity index (χ0) is 17.0. The van der Waals surface area contributed by atoms with Gasteiger partial charge < -0.3 is 19.7 Å². The summed E-state index contributed by atoms with van der Waals surface area (Å²) in [5, 5.41) is 18.7. The van der Waals surface area contributed by atoms with Crippen LogP contribution in [0.5, 0.6) is 0 Å². The van der Waals surface area contributed by atoms with E-state index in [1.165, 1.54) is 0 Å². The molecule has 0 aromatic heterocycles. The average Bonchev–Trinajstić information content (AvgIpc) is 2.76. The first-order chi connectivity index (χ1) is 10.9. The number of carboxylic acid groups (broad SMARTS) is 1. The standard InChI is InChI=1S/C15H15NO7/c1-9-12(17)11(14(19)20)16(13(9)18)15(21)23-8-22-7-10-5-3-2-4-6-10/h2-6,11-12,17H,1,7-8H2,(H,19,20). The molecule has 0 spiro atoms. The lowest BCUT2D eigenvalue weighted by Crippen LogP contribution is -2.46. The van der Waals surface area contributed by atoms with Crippen LogP contribution in [0.4, 0.5) is 4.79 Å². The molecule has 0 aliphatic carbocycles. The minimum absolute atomic E-state index is 0.180. The monoisotopic (exact) mass is 321 g/mol. The predicted octanol–water partition coefficient (Wildman–Crippen LogP) is 0.510. The number of carboxylic acids is 1. The van der Waals surface area contributed by atoms with Crippen molar-refractivity contribution in [1.82, 2.24) is 4.90 Å². The third kappa shape index (κ3) is 3.55. The molecule has 0 radical (unpaired) electrons. The van der Waals surface area contributed by atoms with Crippen LogP contribution in [0.3, 0.4) is 0 Å². The highest BCUT2D eigenvalue weighted by Crippen LogP contribution is 2.24. The molecule has 2 N–H and O–H groups in total. The Morgan fingerprint density at radius 2 is 1.91 bits per heavy atom. The first kappa shape index (κ1) is 16.7. The van der Waals surface area contributed by atoms with Gasteiger partial charge in [-0.3, -0.25) is 4.79 Å². The summed E-state index contributed by atoms with van der Waals surface area (Å²) in [5.41, 5.74) is 0.479. The molecule has 1 fully saturated rings. The number of benzene rings is 1. The first-order valence-electron chi connectivity index (χ1n) is 6.65. The van der Waals surface area contributed by atoms with Crippen LogP contribution in [-0.2, 0) is 25.7 Å². The van der Waals surface area contributed by atoms with Gasteiger partial charge in [0, 0.05) is 5.57 Å². The molecule has 1 aromatic carbocycles. The van der Waals surface area contributed by atoms with E-state index < -0.39 is 36.9 Å². The van der Waals surface area contributed by atoms with E-state index in [4.69, 9.17) is 14.6 Å². The molecule has 0 saturated carbocycles. The minimum atomic E-state index is -1.75. The summed E-state index contributed by atoms with van der Waals surface area (Å²) in [4.78, 5) is 35.1. The van der Waals surface area contributed by atoms with Crippen molar-refractivity contribution in [2.45, 2.75) is 18.8 Å². The summed E-state index contributed by atoms with van der Waals surface area (Å²) in [6, 6.07) is 7.35. The Balaban J connectivity index is 1.90. The number of ether oxygens (including phenoxy) is 2. The van der Waals surface area contributed by atoms with Crippen molar-refractivity contribution in [2.24, 2.45) is 0 Å². The number of likely N-dealkylation sites (tertiary alicyclic amines) is 1. The molecule has 1 aliphatic heterocycles. The van der Waals surface area contributed by atoms with Gasteiger partial charge in [0.2, 0.25) is 0 Å². The maximum Gasteiger partial charge on any atom is 0.419 e. The van der Waals surface area contributed by atoms with E-state index in [9.17, 15) is 19.5 Å². The first-order valence-corrected chi connectivity index (χ1v) is 6.65. The predicted molar refractivity (Wildman–Crippen MR) is 76.0 cm³/mol. The Morgan fingerprint density at radius 1 is 1.26 bits per heavy atom. The molecule has 2 amide bonds. The Labute approximate surface area is 131 Å². The summed E-state index contributed by atoms with van der Waals surface area (Å²) < 4.78 is 9.84. The van der Waals surface area contributed by atoms with Crippen LogP contribution in [0.2, 0.25) is 0 Å². The van der Waals surface area contributed by atoms with Crippen molar-refractivity contribution in [3.8, 4) is 0 Å². The summed E-state index contributed by atoms with van der Waals surface area (Å²) in [5.74, 6) is -2.52. The number of carbonyl (C=O) groups is 3. The van der Waals surface area contributed by atoms with Gasteiger partial charge in [0.15, 0.2) is 12.8 Å². The maximum absolute atomic E-state index is 11.9. The van der Waals surface area contributed by atoms with Gasteiger partial charge in [0.05, 0.1) is 6.61 Å². The molecular formula is C15H15NO7. The van der Waals surface area contributed by atoms with E-state index in [0.717, 1.165) is 5.56 Å². The Hall–Kier alpha value is -2.71. The van der Waals surface area contributed by atoms with Crippen molar-refractivity contribution < 1.29 is 34.1 Å². The van der Waals surface area contributed by atoms with Crippen LogP contribution in [0.25, 0.3) is 0 Å². The molecule has 0 bridgehead atoms. The average molecular weight is 321 g/mol. The molecule has 2 unspecified atom stereocenters. The largest absolute Gasteiger partial charge is 0.480 e. The number of rotatable bonds is 5. The second kappa shape index (κ2) is 7.03. The van der Waals surface area contributed by atoms with Gasteiger partial charge in [-0.15, -0.1) is 0 Å². The third-order valence-electron chi connectivity index (χ3n) is 3.25. The topological polar surface area (TPSA) is 113 Å². The highest BCUT2D eigenvalue weighted by atomic mass is 16.7. The van der Waals surface area contributed by atoms with Gasteiger partial charge in [0.25, 0.3) is 5.91 Å². The lowest BCUT2D eigenvalue weighted by Gasteiger charge is -2.19. The quantitative estimate of drug-likeness (QED) is 0.461. The summed E-state index contributed by atoms with van der Waals surface area (Å²) >= 11 is 0. The molecule has 1 aromatic rings. The van der Waals surface area contributed by atoms with E-state index in [1.807, 2.05) is 30.3 Å². The molecule has 8 nitrogen and oxygen atoms in total. The minimum Gasteiger partial charge on any atom is -0.480 e. The van der Waals surface area contributed by atoms with E-state index in [1.54, 1.807) is 0 Å². The number of aliphatic hydroxyl groups excluding tert-OH is 1. The van der Waals surface area contributed by atoms with Gasteiger partial charge in [-0.2, -0.15) is 0 Å². The lowest BCUT2D eigenvalue weighted by molar-refractivity contribution is -0.147. The number of hydrogen-bond donors (Lipinski definition) is 2. The molecule has 2 rings (SSSR count). The normalized spacial score (nSPS) is 20.7. The maximum atomic E-state index is 11.9. The molecule has 8 heteroatoms. The summed E-state index contributed by atoms with van der Waals surface area (Å²) in [7, 11) is 0. The molecule has 23 heavy (non-hydrogen) atoms. The second-order valence-electron chi connectivity index (χ2n) is 4.79. The van der Waals surface area contributed by atoms with E-state index >= 15 is 0 Å². The van der Waals surface area contributed by atoms with Crippen LogP contribution in [0.15, 0.2) is 42.5 Å². The van der Waals surface area contributed by atoms with E-state index in [0.29, 0.717) is 4.90 Å². The highest BCUT2D eigenvalue weighted by Gasteiger charge is 2.50.